The maximum absolute atomic E-state index is 13.2. The summed E-state index contributed by atoms with van der Waals surface area (Å²) < 4.78 is 45.3. The maximum Gasteiger partial charge on any atom is 0.242 e. The standard InChI is InChI=1S/C13H18ClFN2O3S/c1-20-5-4-13(2-3-13)8-17-21(18,19)12-7-11(16)10(15)6-9(12)14/h6-7,17H,2-5,8,16H2,1H3. The number of nitrogen functional groups attached to an aromatic ring is 1. The van der Waals surface area contributed by atoms with Gasteiger partial charge in [-0.25, -0.2) is 17.5 Å². The molecule has 0 unspecified atom stereocenters. The number of nitrogens with two attached hydrogens (primary N) is 1. The molecule has 0 bridgehead atoms. The van der Waals surface area contributed by atoms with Gasteiger partial charge < -0.3 is 10.5 Å². The Balaban J connectivity index is 2.11. The summed E-state index contributed by atoms with van der Waals surface area (Å²) in [5.74, 6) is -0.738. The lowest BCUT2D eigenvalue weighted by molar-refractivity contribution is 0.173. The third kappa shape index (κ3) is 3.85. The van der Waals surface area contributed by atoms with Crippen LogP contribution in [0.15, 0.2) is 17.0 Å². The van der Waals surface area contributed by atoms with Crippen LogP contribution in [0, 0.1) is 11.2 Å². The van der Waals surface area contributed by atoms with Gasteiger partial charge in [0.2, 0.25) is 10.0 Å². The van der Waals surface area contributed by atoms with Crippen molar-refractivity contribution < 1.29 is 17.5 Å². The van der Waals surface area contributed by atoms with Gasteiger partial charge in [-0.2, -0.15) is 0 Å². The molecule has 0 radical (unpaired) electrons. The Hall–Kier alpha value is -0.890. The summed E-state index contributed by atoms with van der Waals surface area (Å²) in [5.41, 5.74) is 5.11. The predicted molar refractivity (Wildman–Crippen MR) is 79.2 cm³/mol. The Bertz CT molecular complexity index is 633. The van der Waals surface area contributed by atoms with Crippen LogP contribution in [0.5, 0.6) is 0 Å². The van der Waals surface area contributed by atoms with Crippen molar-refractivity contribution >= 4 is 27.3 Å². The Morgan fingerprint density at radius 2 is 2.14 bits per heavy atom. The average molecular weight is 337 g/mol. The molecule has 0 saturated heterocycles. The number of anilines is 1. The molecule has 0 spiro atoms. The molecule has 8 heteroatoms. The molecule has 1 fully saturated rings. The van der Waals surface area contributed by atoms with Crippen LogP contribution in [-0.4, -0.2) is 28.7 Å². The number of methoxy groups -OCH3 is 1. The largest absolute Gasteiger partial charge is 0.396 e. The van der Waals surface area contributed by atoms with E-state index in [1.165, 1.54) is 0 Å². The van der Waals surface area contributed by atoms with Crippen molar-refractivity contribution in [2.75, 3.05) is 26.0 Å². The van der Waals surface area contributed by atoms with Crippen LogP contribution in [-0.2, 0) is 14.8 Å². The topological polar surface area (TPSA) is 81.4 Å². The van der Waals surface area contributed by atoms with Gasteiger partial charge in [0.05, 0.1) is 10.7 Å². The monoisotopic (exact) mass is 336 g/mol. The quantitative estimate of drug-likeness (QED) is 0.748. The van der Waals surface area contributed by atoms with Crippen molar-refractivity contribution in [3.63, 3.8) is 0 Å². The van der Waals surface area contributed by atoms with Gasteiger partial charge in [-0.05, 0) is 36.8 Å². The highest BCUT2D eigenvalue weighted by atomic mass is 35.5. The lowest BCUT2D eigenvalue weighted by Crippen LogP contribution is -2.31. The van der Waals surface area contributed by atoms with Crippen LogP contribution in [0.2, 0.25) is 5.02 Å². The van der Waals surface area contributed by atoms with Gasteiger partial charge in [-0.3, -0.25) is 0 Å². The van der Waals surface area contributed by atoms with E-state index in [1.807, 2.05) is 0 Å². The van der Waals surface area contributed by atoms with Crippen molar-refractivity contribution in [2.45, 2.75) is 24.2 Å². The van der Waals surface area contributed by atoms with E-state index in [0.717, 1.165) is 31.4 Å². The number of benzene rings is 1. The van der Waals surface area contributed by atoms with Crippen molar-refractivity contribution in [3.8, 4) is 0 Å². The third-order valence-corrected chi connectivity index (χ3v) is 5.64. The lowest BCUT2D eigenvalue weighted by atomic mass is 10.0. The second-order valence-electron chi connectivity index (χ2n) is 5.37. The number of sulfonamides is 1. The highest BCUT2D eigenvalue weighted by Crippen LogP contribution is 2.48. The van der Waals surface area contributed by atoms with Crippen molar-refractivity contribution in [3.05, 3.63) is 23.0 Å². The summed E-state index contributed by atoms with van der Waals surface area (Å²) in [6.07, 6.45) is 2.71. The Kier molecular flexibility index (Phi) is 4.77. The molecule has 0 aromatic heterocycles. The molecule has 0 aliphatic heterocycles. The highest BCUT2D eigenvalue weighted by molar-refractivity contribution is 7.89. The van der Waals surface area contributed by atoms with E-state index in [1.54, 1.807) is 7.11 Å². The summed E-state index contributed by atoms with van der Waals surface area (Å²) in [5, 5.41) is -0.184. The predicted octanol–water partition coefficient (Wildman–Crippen LogP) is 2.16. The van der Waals surface area contributed by atoms with Gasteiger partial charge in [0.25, 0.3) is 0 Å². The van der Waals surface area contributed by atoms with Crippen molar-refractivity contribution in [1.29, 1.82) is 0 Å². The fraction of sp³-hybridized carbons (Fsp3) is 0.538. The number of ether oxygens (including phenoxy) is 1. The lowest BCUT2D eigenvalue weighted by Gasteiger charge is -2.16. The summed E-state index contributed by atoms with van der Waals surface area (Å²) in [6, 6.07) is 1.94. The average Bonchev–Trinajstić information content (AvgIpc) is 3.19. The first-order valence-electron chi connectivity index (χ1n) is 6.53. The van der Waals surface area contributed by atoms with Crippen LogP contribution in [0.25, 0.3) is 0 Å². The first-order valence-corrected chi connectivity index (χ1v) is 8.39. The van der Waals surface area contributed by atoms with E-state index in [0.29, 0.717) is 13.2 Å². The minimum absolute atomic E-state index is 0.0405. The first-order chi connectivity index (χ1) is 9.80. The van der Waals surface area contributed by atoms with Crippen LogP contribution in [0.1, 0.15) is 19.3 Å². The van der Waals surface area contributed by atoms with Gasteiger partial charge in [-0.1, -0.05) is 11.6 Å². The number of hydrogen-bond acceptors (Lipinski definition) is 4. The van der Waals surface area contributed by atoms with Crippen molar-refractivity contribution in [1.82, 2.24) is 4.72 Å². The molecule has 118 valence electrons. The fourth-order valence-corrected chi connectivity index (χ4v) is 3.79. The minimum Gasteiger partial charge on any atom is -0.396 e. The molecular formula is C13H18ClFN2O3S. The number of nitrogens with one attached hydrogen (secondary N) is 1. The second kappa shape index (κ2) is 6.08. The Morgan fingerprint density at radius 1 is 1.48 bits per heavy atom. The Labute approximate surface area is 128 Å². The fourth-order valence-electron chi connectivity index (χ4n) is 2.09. The van der Waals surface area contributed by atoms with Crippen molar-refractivity contribution in [2.24, 2.45) is 5.41 Å². The van der Waals surface area contributed by atoms with E-state index in [2.05, 4.69) is 4.72 Å². The molecule has 0 atom stereocenters. The zero-order chi connectivity index (χ0) is 15.7. The van der Waals surface area contributed by atoms with Gasteiger partial charge in [-0.15, -0.1) is 0 Å². The van der Waals surface area contributed by atoms with Crippen LogP contribution in [0.4, 0.5) is 10.1 Å². The number of hydrogen-bond donors (Lipinski definition) is 2. The number of halogens is 2. The van der Waals surface area contributed by atoms with Gasteiger partial charge in [0.15, 0.2) is 0 Å². The summed E-state index contributed by atoms with van der Waals surface area (Å²) >= 11 is 5.80. The summed E-state index contributed by atoms with van der Waals surface area (Å²) in [4.78, 5) is -0.203. The molecular weight excluding hydrogens is 319 g/mol. The molecule has 1 aliphatic rings. The molecule has 2 rings (SSSR count). The zero-order valence-corrected chi connectivity index (χ0v) is 13.2. The van der Waals surface area contributed by atoms with Crippen LogP contribution in [0.3, 0.4) is 0 Å². The SMILES string of the molecule is COCCC1(CNS(=O)(=O)c2cc(N)c(F)cc2Cl)CC1. The third-order valence-electron chi connectivity index (χ3n) is 3.77. The first kappa shape index (κ1) is 16.5. The smallest absolute Gasteiger partial charge is 0.242 e. The van der Waals surface area contributed by atoms with Crippen LogP contribution >= 0.6 is 11.6 Å². The van der Waals surface area contributed by atoms with Gasteiger partial charge in [0, 0.05) is 20.3 Å². The molecule has 1 aromatic carbocycles. The van der Waals surface area contributed by atoms with Gasteiger partial charge >= 0.3 is 0 Å². The molecule has 1 aromatic rings. The summed E-state index contributed by atoms with van der Waals surface area (Å²) in [6.45, 7) is 0.901. The molecule has 1 aliphatic carbocycles. The molecule has 0 heterocycles. The normalized spacial score (nSPS) is 16.9. The number of rotatable bonds is 7. The van der Waals surface area contributed by atoms with E-state index in [4.69, 9.17) is 22.1 Å². The molecule has 1 saturated carbocycles. The molecule has 0 amide bonds. The van der Waals surface area contributed by atoms with E-state index in [9.17, 15) is 12.8 Å². The molecule has 5 nitrogen and oxygen atoms in total. The molecule has 3 N–H and O–H groups in total. The van der Waals surface area contributed by atoms with Crippen LogP contribution < -0.4 is 10.5 Å². The highest BCUT2D eigenvalue weighted by Gasteiger charge is 2.42. The second-order valence-corrected chi connectivity index (χ2v) is 7.51. The van der Waals surface area contributed by atoms with E-state index >= 15 is 0 Å². The van der Waals surface area contributed by atoms with Gasteiger partial charge in [0.1, 0.15) is 10.7 Å². The Morgan fingerprint density at radius 3 is 2.71 bits per heavy atom. The van der Waals surface area contributed by atoms with E-state index in [-0.39, 0.29) is 21.0 Å². The minimum atomic E-state index is -3.82. The zero-order valence-electron chi connectivity index (χ0n) is 11.7. The summed E-state index contributed by atoms with van der Waals surface area (Å²) in [7, 11) is -2.21. The molecule has 21 heavy (non-hydrogen) atoms. The maximum atomic E-state index is 13.2. The van der Waals surface area contributed by atoms with E-state index < -0.39 is 15.8 Å².